The summed E-state index contributed by atoms with van der Waals surface area (Å²) in [5.41, 5.74) is 0.159. The van der Waals surface area contributed by atoms with Crippen molar-refractivity contribution in [3.05, 3.63) is 35.9 Å². The Balaban J connectivity index is 1.89. The van der Waals surface area contributed by atoms with Crippen LogP contribution in [-0.4, -0.2) is 16.5 Å². The molecule has 0 atom stereocenters. The summed E-state index contributed by atoms with van der Waals surface area (Å²) in [5.74, 6) is 0.0221. The third-order valence-corrected chi connectivity index (χ3v) is 3.43. The van der Waals surface area contributed by atoms with Crippen LogP contribution in [0.5, 0.6) is 0 Å². The number of hydrogen-bond acceptors (Lipinski definition) is 2. The summed E-state index contributed by atoms with van der Waals surface area (Å²) in [4.78, 5) is 11.9. The quantitative estimate of drug-likeness (QED) is 0.843. The normalized spacial score (nSPS) is 18.6. The van der Waals surface area contributed by atoms with Crippen LogP contribution >= 0.6 is 0 Å². The second-order valence-corrected chi connectivity index (χ2v) is 4.65. The SMILES string of the molecule is O=C(CCc1ccccc1)C1(O)CCCC1. The van der Waals surface area contributed by atoms with Gasteiger partial charge in [0.05, 0.1) is 0 Å². The van der Waals surface area contributed by atoms with Crippen LogP contribution in [0.15, 0.2) is 30.3 Å². The molecule has 2 nitrogen and oxygen atoms in total. The van der Waals surface area contributed by atoms with E-state index < -0.39 is 5.60 Å². The number of carbonyl (C=O) groups excluding carboxylic acids is 1. The van der Waals surface area contributed by atoms with Crippen LogP contribution in [0.25, 0.3) is 0 Å². The van der Waals surface area contributed by atoms with E-state index >= 15 is 0 Å². The van der Waals surface area contributed by atoms with Gasteiger partial charge >= 0.3 is 0 Å². The van der Waals surface area contributed by atoms with Crippen LogP contribution in [0.1, 0.15) is 37.7 Å². The van der Waals surface area contributed by atoms with Gasteiger partial charge in [-0.1, -0.05) is 30.3 Å². The Morgan fingerprint density at radius 2 is 1.81 bits per heavy atom. The van der Waals surface area contributed by atoms with E-state index in [1.165, 1.54) is 0 Å². The van der Waals surface area contributed by atoms with E-state index in [0.717, 1.165) is 24.8 Å². The second kappa shape index (κ2) is 4.79. The predicted molar refractivity (Wildman–Crippen MR) is 63.2 cm³/mol. The molecule has 0 unspecified atom stereocenters. The molecule has 16 heavy (non-hydrogen) atoms. The minimum absolute atomic E-state index is 0.0221. The molecule has 0 saturated heterocycles. The smallest absolute Gasteiger partial charge is 0.164 e. The minimum atomic E-state index is -1.01. The Labute approximate surface area is 96.3 Å². The first-order valence-electron chi connectivity index (χ1n) is 6.00. The van der Waals surface area contributed by atoms with Gasteiger partial charge in [0.25, 0.3) is 0 Å². The van der Waals surface area contributed by atoms with Gasteiger partial charge in [0.2, 0.25) is 0 Å². The Kier molecular flexibility index (Phi) is 3.39. The summed E-state index contributed by atoms with van der Waals surface area (Å²) >= 11 is 0. The van der Waals surface area contributed by atoms with Gasteiger partial charge in [-0.3, -0.25) is 4.79 Å². The van der Waals surface area contributed by atoms with Crippen molar-refractivity contribution in [3.63, 3.8) is 0 Å². The molecule has 1 saturated carbocycles. The van der Waals surface area contributed by atoms with Crippen molar-refractivity contribution in [2.75, 3.05) is 0 Å². The van der Waals surface area contributed by atoms with Gasteiger partial charge in [-0.05, 0) is 37.7 Å². The molecule has 0 heterocycles. The van der Waals surface area contributed by atoms with Crippen molar-refractivity contribution in [1.29, 1.82) is 0 Å². The van der Waals surface area contributed by atoms with Crippen molar-refractivity contribution in [2.24, 2.45) is 0 Å². The Bertz CT molecular complexity index is 350. The van der Waals surface area contributed by atoms with Crippen molar-refractivity contribution < 1.29 is 9.90 Å². The largest absolute Gasteiger partial charge is 0.382 e. The molecule has 0 radical (unpaired) electrons. The number of carbonyl (C=O) groups is 1. The molecule has 1 aliphatic carbocycles. The fourth-order valence-corrected chi connectivity index (χ4v) is 2.37. The van der Waals surface area contributed by atoms with Gasteiger partial charge in [-0.25, -0.2) is 0 Å². The van der Waals surface area contributed by atoms with E-state index in [4.69, 9.17) is 0 Å². The van der Waals surface area contributed by atoms with Crippen LogP contribution in [0, 0.1) is 0 Å². The van der Waals surface area contributed by atoms with E-state index in [1.807, 2.05) is 30.3 Å². The molecule has 0 spiro atoms. The highest BCUT2D eigenvalue weighted by Gasteiger charge is 2.37. The number of hydrogen-bond donors (Lipinski definition) is 1. The first-order valence-corrected chi connectivity index (χ1v) is 6.00. The predicted octanol–water partition coefficient (Wildman–Crippen LogP) is 2.49. The van der Waals surface area contributed by atoms with Crippen molar-refractivity contribution >= 4 is 5.78 Å². The Morgan fingerprint density at radius 3 is 2.44 bits per heavy atom. The van der Waals surface area contributed by atoms with Gasteiger partial charge in [-0.2, -0.15) is 0 Å². The zero-order chi connectivity index (χ0) is 11.4. The standard InChI is InChI=1S/C14H18O2/c15-13(14(16)10-4-5-11-14)9-8-12-6-2-1-3-7-12/h1-3,6-7,16H,4-5,8-11H2. The lowest BCUT2D eigenvalue weighted by atomic mass is 9.92. The van der Waals surface area contributed by atoms with E-state index in [9.17, 15) is 9.90 Å². The van der Waals surface area contributed by atoms with E-state index in [0.29, 0.717) is 19.3 Å². The number of benzene rings is 1. The zero-order valence-corrected chi connectivity index (χ0v) is 9.48. The summed E-state index contributed by atoms with van der Waals surface area (Å²) in [5, 5.41) is 10.1. The van der Waals surface area contributed by atoms with Crippen LogP contribution in [0.2, 0.25) is 0 Å². The second-order valence-electron chi connectivity index (χ2n) is 4.65. The van der Waals surface area contributed by atoms with Gasteiger partial charge in [0.1, 0.15) is 5.60 Å². The number of rotatable bonds is 4. The van der Waals surface area contributed by atoms with Crippen molar-refractivity contribution in [1.82, 2.24) is 0 Å². The maximum atomic E-state index is 11.9. The lowest BCUT2D eigenvalue weighted by Crippen LogP contribution is -2.35. The van der Waals surface area contributed by atoms with Gasteiger partial charge in [0, 0.05) is 6.42 Å². The van der Waals surface area contributed by atoms with E-state index in [2.05, 4.69) is 0 Å². The molecule has 1 aromatic carbocycles. The number of aryl methyl sites for hydroxylation is 1. The van der Waals surface area contributed by atoms with Crippen LogP contribution in [0.3, 0.4) is 0 Å². The molecule has 2 heteroatoms. The van der Waals surface area contributed by atoms with Crippen LogP contribution in [0.4, 0.5) is 0 Å². The molecule has 0 bridgehead atoms. The summed E-state index contributed by atoms with van der Waals surface area (Å²) in [6, 6.07) is 9.96. The maximum absolute atomic E-state index is 11.9. The molecule has 1 aliphatic rings. The molecule has 1 aromatic rings. The fraction of sp³-hybridized carbons (Fsp3) is 0.500. The zero-order valence-electron chi connectivity index (χ0n) is 9.48. The molecular weight excluding hydrogens is 200 g/mol. The third kappa shape index (κ3) is 2.50. The Hall–Kier alpha value is -1.15. The number of ketones is 1. The average molecular weight is 218 g/mol. The lowest BCUT2D eigenvalue weighted by molar-refractivity contribution is -0.136. The molecule has 2 rings (SSSR count). The highest BCUT2D eigenvalue weighted by atomic mass is 16.3. The number of aliphatic hydroxyl groups is 1. The first-order chi connectivity index (χ1) is 7.71. The summed E-state index contributed by atoms with van der Waals surface area (Å²) in [7, 11) is 0. The van der Waals surface area contributed by atoms with Gasteiger partial charge in [0.15, 0.2) is 5.78 Å². The first kappa shape index (κ1) is 11.3. The monoisotopic (exact) mass is 218 g/mol. The lowest BCUT2D eigenvalue weighted by Gasteiger charge is -2.20. The summed E-state index contributed by atoms with van der Waals surface area (Å²) in [6.07, 6.45) is 4.46. The van der Waals surface area contributed by atoms with Crippen molar-refractivity contribution in [2.45, 2.75) is 44.1 Å². The van der Waals surface area contributed by atoms with Gasteiger partial charge < -0.3 is 5.11 Å². The molecular formula is C14H18O2. The maximum Gasteiger partial charge on any atom is 0.164 e. The highest BCUT2D eigenvalue weighted by Crippen LogP contribution is 2.31. The molecule has 1 fully saturated rings. The van der Waals surface area contributed by atoms with E-state index in [1.54, 1.807) is 0 Å². The topological polar surface area (TPSA) is 37.3 Å². The molecule has 0 aromatic heterocycles. The Morgan fingerprint density at radius 1 is 1.19 bits per heavy atom. The minimum Gasteiger partial charge on any atom is -0.382 e. The molecule has 0 aliphatic heterocycles. The average Bonchev–Trinajstić information content (AvgIpc) is 2.76. The van der Waals surface area contributed by atoms with E-state index in [-0.39, 0.29) is 5.78 Å². The molecule has 86 valence electrons. The van der Waals surface area contributed by atoms with Crippen LogP contribution in [-0.2, 0) is 11.2 Å². The summed E-state index contributed by atoms with van der Waals surface area (Å²) in [6.45, 7) is 0. The third-order valence-electron chi connectivity index (χ3n) is 3.43. The highest BCUT2D eigenvalue weighted by molar-refractivity contribution is 5.87. The fourth-order valence-electron chi connectivity index (χ4n) is 2.37. The van der Waals surface area contributed by atoms with Crippen LogP contribution < -0.4 is 0 Å². The summed E-state index contributed by atoms with van der Waals surface area (Å²) < 4.78 is 0. The number of Topliss-reactive ketones (excluding diaryl/α,β-unsaturated/α-hetero) is 1. The molecule has 1 N–H and O–H groups in total. The molecule has 0 amide bonds. The van der Waals surface area contributed by atoms with Crippen molar-refractivity contribution in [3.8, 4) is 0 Å². The van der Waals surface area contributed by atoms with Gasteiger partial charge in [-0.15, -0.1) is 0 Å².